The minimum Gasteiger partial charge on any atom is -0.479 e. The third-order valence-corrected chi connectivity index (χ3v) is 13.3. The molecule has 0 saturated carbocycles. The highest BCUT2D eigenvalue weighted by molar-refractivity contribution is 5.74. The van der Waals surface area contributed by atoms with Gasteiger partial charge in [0.25, 0.3) is 0 Å². The van der Waals surface area contributed by atoms with Crippen molar-refractivity contribution in [2.75, 3.05) is 13.2 Å². The Morgan fingerprint density at radius 3 is 1.31 bits per heavy atom. The number of esters is 3. The first-order chi connectivity index (χ1) is 36.6. The first-order valence-electron chi connectivity index (χ1n) is 29.9. The van der Waals surface area contributed by atoms with E-state index in [-0.39, 0.29) is 25.9 Å². The van der Waals surface area contributed by atoms with E-state index in [1.165, 1.54) is 83.5 Å². The minimum absolute atomic E-state index is 0.0525. The van der Waals surface area contributed by atoms with Crippen molar-refractivity contribution in [2.24, 2.45) is 0 Å². The van der Waals surface area contributed by atoms with Gasteiger partial charge in [-0.15, -0.1) is 0 Å². The van der Waals surface area contributed by atoms with Crippen molar-refractivity contribution in [3.05, 3.63) is 72.9 Å². The molecule has 0 aromatic heterocycles. The van der Waals surface area contributed by atoms with Crippen LogP contribution < -0.4 is 0 Å². The number of carbonyl (C=O) groups excluding carboxylic acids is 3. The maximum atomic E-state index is 13.1. The van der Waals surface area contributed by atoms with E-state index >= 15 is 0 Å². The van der Waals surface area contributed by atoms with Crippen LogP contribution in [0.1, 0.15) is 252 Å². The van der Waals surface area contributed by atoms with Gasteiger partial charge in [0.05, 0.1) is 6.61 Å². The first-order valence-corrected chi connectivity index (χ1v) is 29.9. The van der Waals surface area contributed by atoms with E-state index in [0.29, 0.717) is 19.3 Å². The van der Waals surface area contributed by atoms with Gasteiger partial charge in [-0.2, -0.15) is 0 Å². The van der Waals surface area contributed by atoms with Crippen LogP contribution >= 0.6 is 0 Å². The topological polar surface area (TPSA) is 175 Å². The van der Waals surface area contributed by atoms with Crippen LogP contribution in [0.4, 0.5) is 0 Å². The lowest BCUT2D eigenvalue weighted by atomic mass is 9.98. The number of carboxylic acids is 1. The number of aliphatic carboxylic acids is 1. The SMILES string of the molecule is CC/C=C\C/C=C\C/C=C\C/C=C\CCCCCCC(=O)OCC(COC1OC(C(=O)O)C(O)C(O)C1OC(=O)CCCCCCCCCCC/C=C\C/C=C\CCCCC)OC(=O)CCCCCCCCCCC. The molecule has 1 aliphatic heterocycles. The molecular formula is C63H106O12. The van der Waals surface area contributed by atoms with Gasteiger partial charge in [-0.25, -0.2) is 4.79 Å². The lowest BCUT2D eigenvalue weighted by Crippen LogP contribution is -2.61. The van der Waals surface area contributed by atoms with Crippen LogP contribution in [-0.4, -0.2) is 89.2 Å². The van der Waals surface area contributed by atoms with Gasteiger partial charge in [-0.3, -0.25) is 14.4 Å². The van der Waals surface area contributed by atoms with Crippen molar-refractivity contribution in [1.82, 2.24) is 0 Å². The Balaban J connectivity index is 2.64. The number of ether oxygens (including phenoxy) is 5. The van der Waals surface area contributed by atoms with Crippen LogP contribution in [-0.2, 0) is 42.9 Å². The molecule has 6 atom stereocenters. The number of carboxylic acid groups (broad SMARTS) is 1. The van der Waals surface area contributed by atoms with Crippen LogP contribution in [0.5, 0.6) is 0 Å². The zero-order valence-corrected chi connectivity index (χ0v) is 47.3. The molecular weight excluding hydrogens is 949 g/mol. The number of carbonyl (C=O) groups is 4. The van der Waals surface area contributed by atoms with Gasteiger partial charge in [0.15, 0.2) is 24.6 Å². The normalized spacial score (nSPS) is 18.7. The van der Waals surface area contributed by atoms with E-state index in [4.69, 9.17) is 23.7 Å². The molecule has 1 heterocycles. The van der Waals surface area contributed by atoms with E-state index in [0.717, 1.165) is 109 Å². The van der Waals surface area contributed by atoms with Gasteiger partial charge in [0.2, 0.25) is 0 Å². The van der Waals surface area contributed by atoms with E-state index in [1.54, 1.807) is 0 Å². The fourth-order valence-electron chi connectivity index (χ4n) is 8.68. The molecule has 0 amide bonds. The zero-order chi connectivity index (χ0) is 54.7. The second kappa shape index (κ2) is 50.9. The van der Waals surface area contributed by atoms with E-state index in [9.17, 15) is 34.5 Å². The van der Waals surface area contributed by atoms with E-state index < -0.39 is 67.3 Å². The lowest BCUT2D eigenvalue weighted by Gasteiger charge is -2.40. The van der Waals surface area contributed by atoms with Crippen LogP contribution in [0.3, 0.4) is 0 Å². The third kappa shape index (κ3) is 41.0. The summed E-state index contributed by atoms with van der Waals surface area (Å²) in [6, 6.07) is 0. The Morgan fingerprint density at radius 1 is 0.453 bits per heavy atom. The summed E-state index contributed by atoms with van der Waals surface area (Å²) in [5, 5.41) is 31.5. The zero-order valence-electron chi connectivity index (χ0n) is 47.3. The molecule has 3 N–H and O–H groups in total. The first kappa shape index (κ1) is 69.2. The van der Waals surface area contributed by atoms with Crippen LogP contribution in [0.2, 0.25) is 0 Å². The number of aliphatic hydroxyl groups is 2. The summed E-state index contributed by atoms with van der Waals surface area (Å²) < 4.78 is 28.4. The van der Waals surface area contributed by atoms with Crippen molar-refractivity contribution in [3.63, 3.8) is 0 Å². The molecule has 12 heteroatoms. The number of hydrogen-bond acceptors (Lipinski definition) is 11. The quantitative estimate of drug-likeness (QED) is 0.0228. The predicted molar refractivity (Wildman–Crippen MR) is 303 cm³/mol. The van der Waals surface area contributed by atoms with Gasteiger partial charge in [0.1, 0.15) is 18.8 Å². The summed E-state index contributed by atoms with van der Waals surface area (Å²) in [6.45, 7) is 5.81. The molecule has 0 bridgehead atoms. The molecule has 1 saturated heterocycles. The lowest BCUT2D eigenvalue weighted by molar-refractivity contribution is -0.301. The second-order valence-electron chi connectivity index (χ2n) is 20.3. The molecule has 0 aromatic carbocycles. The number of allylic oxidation sites excluding steroid dienone is 12. The monoisotopic (exact) mass is 1050 g/mol. The highest BCUT2D eigenvalue weighted by Crippen LogP contribution is 2.26. The van der Waals surface area contributed by atoms with Gasteiger partial charge in [-0.1, -0.05) is 216 Å². The predicted octanol–water partition coefficient (Wildman–Crippen LogP) is 15.3. The van der Waals surface area contributed by atoms with Crippen molar-refractivity contribution in [3.8, 4) is 0 Å². The third-order valence-electron chi connectivity index (χ3n) is 13.3. The smallest absolute Gasteiger partial charge is 0.335 e. The number of aliphatic hydroxyl groups excluding tert-OH is 2. The van der Waals surface area contributed by atoms with Gasteiger partial charge >= 0.3 is 23.9 Å². The van der Waals surface area contributed by atoms with Crippen LogP contribution in [0.25, 0.3) is 0 Å². The van der Waals surface area contributed by atoms with E-state index in [1.807, 2.05) is 0 Å². The minimum atomic E-state index is -1.91. The summed E-state index contributed by atoms with van der Waals surface area (Å²) in [5.41, 5.74) is 0. The Bertz CT molecular complexity index is 1580. The Labute approximate surface area is 455 Å². The molecule has 0 spiro atoms. The van der Waals surface area contributed by atoms with Gasteiger partial charge in [0, 0.05) is 19.3 Å². The molecule has 430 valence electrons. The number of rotatable bonds is 50. The van der Waals surface area contributed by atoms with Crippen molar-refractivity contribution in [1.29, 1.82) is 0 Å². The number of unbranched alkanes of at least 4 members (excludes halogenated alkanes) is 24. The second-order valence-corrected chi connectivity index (χ2v) is 20.3. The summed E-state index contributed by atoms with van der Waals surface area (Å²) in [5.74, 6) is -3.15. The summed E-state index contributed by atoms with van der Waals surface area (Å²) in [6.07, 6.45) is 51.6. The molecule has 75 heavy (non-hydrogen) atoms. The summed E-state index contributed by atoms with van der Waals surface area (Å²) >= 11 is 0. The molecule has 12 nitrogen and oxygen atoms in total. The molecule has 0 aliphatic carbocycles. The number of hydrogen-bond donors (Lipinski definition) is 3. The molecule has 1 fully saturated rings. The highest BCUT2D eigenvalue weighted by atomic mass is 16.7. The van der Waals surface area contributed by atoms with E-state index in [2.05, 4.69) is 93.7 Å². The molecule has 1 rings (SSSR count). The fraction of sp³-hybridized carbons (Fsp3) is 0.746. The molecule has 0 radical (unpaired) electrons. The maximum absolute atomic E-state index is 13.1. The van der Waals surface area contributed by atoms with Gasteiger partial charge in [-0.05, 0) is 89.9 Å². The maximum Gasteiger partial charge on any atom is 0.335 e. The highest BCUT2D eigenvalue weighted by Gasteiger charge is 2.50. The Hall–Kier alpha value is -3.84. The van der Waals surface area contributed by atoms with Crippen molar-refractivity contribution < 1.29 is 58.2 Å². The summed E-state index contributed by atoms with van der Waals surface area (Å²) in [4.78, 5) is 51.0. The van der Waals surface area contributed by atoms with Crippen LogP contribution in [0, 0.1) is 0 Å². The Kier molecular flexibility index (Phi) is 47.0. The van der Waals surface area contributed by atoms with Gasteiger partial charge < -0.3 is 39.0 Å². The average Bonchev–Trinajstić information content (AvgIpc) is 3.39. The van der Waals surface area contributed by atoms with Crippen molar-refractivity contribution in [2.45, 2.75) is 289 Å². The van der Waals surface area contributed by atoms with Crippen LogP contribution in [0.15, 0.2) is 72.9 Å². The molecule has 6 unspecified atom stereocenters. The Morgan fingerprint density at radius 2 is 0.840 bits per heavy atom. The largest absolute Gasteiger partial charge is 0.479 e. The van der Waals surface area contributed by atoms with Crippen molar-refractivity contribution >= 4 is 23.9 Å². The standard InChI is InChI=1S/C63H106O12/c1-4-7-10-13-16-19-21-23-25-27-28-30-32-34-36-39-42-45-48-51-57(66)74-61-59(68)58(67)60(62(69)70)75-63(61)72-53-54(73-56(65)50-47-44-41-37-18-15-12-9-6-3)52-71-55(64)49-46-43-40-38-35-33-31-29-26-24-22-20-17-14-11-8-5-2/h8,11,16-17,19-20,23-26,31,33,54,58-61,63,67-68H,4-7,9-10,12-15,18,21-22,27-30,32,34-53H2,1-3H3,(H,69,70)/b11-8-,19-16-,20-17-,25-23-,26-24-,33-31-. The fourth-order valence-corrected chi connectivity index (χ4v) is 8.68. The molecule has 0 aromatic rings. The summed E-state index contributed by atoms with van der Waals surface area (Å²) in [7, 11) is 0. The average molecular weight is 1060 g/mol. The molecule has 1 aliphatic rings.